The third-order valence-electron chi connectivity index (χ3n) is 1.91. The van der Waals surface area contributed by atoms with Gasteiger partial charge in [0.2, 0.25) is 0 Å². The second-order valence-electron chi connectivity index (χ2n) is 3.12. The average Bonchev–Trinajstić information content (AvgIpc) is 2.42. The summed E-state index contributed by atoms with van der Waals surface area (Å²) in [6.07, 6.45) is 1.10. The molecule has 0 spiro atoms. The van der Waals surface area contributed by atoms with E-state index in [9.17, 15) is 4.79 Å². The molecule has 0 heterocycles. The van der Waals surface area contributed by atoms with E-state index in [2.05, 4.69) is 73.0 Å². The highest BCUT2D eigenvalue weighted by molar-refractivity contribution is 5.81. The number of hydrogen-bond donors (Lipinski definition) is 0. The summed E-state index contributed by atoms with van der Waals surface area (Å²) in [6, 6.07) is 16.7. The normalized spacial score (nSPS) is 8.06. The van der Waals surface area contributed by atoms with Gasteiger partial charge in [0, 0.05) is 6.92 Å². The van der Waals surface area contributed by atoms with Gasteiger partial charge in [-0.3, -0.25) is 4.79 Å². The molecule has 0 saturated carbocycles. The highest BCUT2D eigenvalue weighted by Gasteiger charge is 1.85. The van der Waals surface area contributed by atoms with E-state index in [4.69, 9.17) is 0 Å². The van der Waals surface area contributed by atoms with E-state index in [1.54, 1.807) is 0 Å². The van der Waals surface area contributed by atoms with Crippen LogP contribution in [0.1, 0.15) is 6.92 Å². The van der Waals surface area contributed by atoms with Crippen molar-refractivity contribution in [3.05, 3.63) is 74.5 Å². The molecule has 2 aromatic rings. The molecule has 0 aliphatic heterocycles. The summed E-state index contributed by atoms with van der Waals surface area (Å²) in [5.74, 6) is -0.329. The molecule has 0 aromatic heterocycles. The molecule has 18 heavy (non-hydrogen) atoms. The van der Waals surface area contributed by atoms with E-state index < -0.39 is 0 Å². The fourth-order valence-corrected chi connectivity index (χ4v) is 1.25. The van der Waals surface area contributed by atoms with Gasteiger partial charge in [-0.25, -0.2) is 0 Å². The van der Waals surface area contributed by atoms with Crippen LogP contribution in [0.15, 0.2) is 74.5 Å². The van der Waals surface area contributed by atoms with Crippen LogP contribution in [0.3, 0.4) is 0 Å². The zero-order valence-electron chi connectivity index (χ0n) is 10.6. The lowest BCUT2D eigenvalue weighted by atomic mass is 10.1. The number of ether oxygens (including phenoxy) is 1. The SMILES string of the molecule is C=C.C=COC(C)=O.c1ccc2ccccc2c1. The van der Waals surface area contributed by atoms with Crippen molar-refractivity contribution in [1.82, 2.24) is 0 Å². The van der Waals surface area contributed by atoms with E-state index in [0.717, 1.165) is 6.26 Å². The first-order valence-electron chi connectivity index (χ1n) is 5.46. The first kappa shape index (κ1) is 15.7. The van der Waals surface area contributed by atoms with Gasteiger partial charge in [0.15, 0.2) is 0 Å². The predicted octanol–water partition coefficient (Wildman–Crippen LogP) is 4.34. The van der Waals surface area contributed by atoms with Crippen molar-refractivity contribution in [3.63, 3.8) is 0 Å². The zero-order valence-corrected chi connectivity index (χ0v) is 10.6. The number of esters is 1. The fourth-order valence-electron chi connectivity index (χ4n) is 1.25. The van der Waals surface area contributed by atoms with Gasteiger partial charge in [0.05, 0.1) is 6.26 Å². The summed E-state index contributed by atoms with van der Waals surface area (Å²) in [5.41, 5.74) is 0. The lowest BCUT2D eigenvalue weighted by molar-refractivity contribution is -0.135. The maximum atomic E-state index is 9.75. The van der Waals surface area contributed by atoms with Gasteiger partial charge in [-0.2, -0.15) is 0 Å². The number of carbonyl (C=O) groups is 1. The van der Waals surface area contributed by atoms with Crippen molar-refractivity contribution in [2.24, 2.45) is 0 Å². The summed E-state index contributed by atoms with van der Waals surface area (Å²) in [6.45, 7) is 10.5. The van der Waals surface area contributed by atoms with Crippen molar-refractivity contribution in [1.29, 1.82) is 0 Å². The largest absolute Gasteiger partial charge is 0.435 e. The maximum absolute atomic E-state index is 9.75. The van der Waals surface area contributed by atoms with Gasteiger partial charge in [-0.15, -0.1) is 13.2 Å². The molecular formula is C16H18O2. The lowest BCUT2D eigenvalue weighted by Gasteiger charge is -1.92. The predicted molar refractivity (Wildman–Crippen MR) is 77.2 cm³/mol. The van der Waals surface area contributed by atoms with Crippen LogP contribution in [0.25, 0.3) is 10.8 Å². The molecule has 0 fully saturated rings. The molecule has 0 N–H and O–H groups in total. The third kappa shape index (κ3) is 6.28. The molecule has 0 amide bonds. The van der Waals surface area contributed by atoms with Crippen molar-refractivity contribution in [2.45, 2.75) is 6.92 Å². The monoisotopic (exact) mass is 242 g/mol. The van der Waals surface area contributed by atoms with Gasteiger partial charge in [0.1, 0.15) is 0 Å². The lowest BCUT2D eigenvalue weighted by Crippen LogP contribution is -1.87. The van der Waals surface area contributed by atoms with Crippen LogP contribution in [0, 0.1) is 0 Å². The van der Waals surface area contributed by atoms with E-state index in [0.29, 0.717) is 0 Å². The Hall–Kier alpha value is -2.35. The summed E-state index contributed by atoms with van der Waals surface area (Å²) in [4.78, 5) is 9.75. The molecule has 2 rings (SSSR count). The molecule has 94 valence electrons. The minimum absolute atomic E-state index is 0.329. The Balaban J connectivity index is 0.000000315. The molecule has 0 unspecified atom stereocenters. The number of rotatable bonds is 1. The number of hydrogen-bond acceptors (Lipinski definition) is 2. The number of benzene rings is 2. The standard InChI is InChI=1S/C10H8.C4H6O2.C2H4/c1-2-6-10-8-4-3-7-9(10)5-1;1-3-6-4(2)5;1-2/h1-8H;3H,1H2,2H3;1-2H2. The Morgan fingerprint density at radius 1 is 1.00 bits per heavy atom. The molecule has 0 bridgehead atoms. The van der Waals surface area contributed by atoms with E-state index in [1.807, 2.05) is 0 Å². The van der Waals surface area contributed by atoms with Crippen molar-refractivity contribution in [3.8, 4) is 0 Å². The molecule has 2 nitrogen and oxygen atoms in total. The Morgan fingerprint density at radius 3 is 1.50 bits per heavy atom. The topological polar surface area (TPSA) is 26.3 Å². The zero-order chi connectivity index (χ0) is 13.8. The molecule has 2 aromatic carbocycles. The fraction of sp³-hybridized carbons (Fsp3) is 0.0625. The van der Waals surface area contributed by atoms with Crippen LogP contribution in [-0.2, 0) is 9.53 Å². The quantitative estimate of drug-likeness (QED) is 0.422. The van der Waals surface area contributed by atoms with Gasteiger partial charge in [-0.1, -0.05) is 55.1 Å². The van der Waals surface area contributed by atoms with Crippen LogP contribution < -0.4 is 0 Å². The van der Waals surface area contributed by atoms with E-state index in [-0.39, 0.29) is 5.97 Å². The van der Waals surface area contributed by atoms with Gasteiger partial charge < -0.3 is 4.74 Å². The Bertz CT molecular complexity index is 424. The summed E-state index contributed by atoms with van der Waals surface area (Å²) < 4.78 is 4.17. The second kappa shape index (κ2) is 9.85. The highest BCUT2D eigenvalue weighted by atomic mass is 16.5. The van der Waals surface area contributed by atoms with Gasteiger partial charge in [-0.05, 0) is 10.8 Å². The Kier molecular flexibility index (Phi) is 8.56. The summed E-state index contributed by atoms with van der Waals surface area (Å²) in [5, 5.41) is 2.62. The number of carbonyl (C=O) groups excluding carboxylic acids is 1. The minimum Gasteiger partial charge on any atom is -0.435 e. The minimum atomic E-state index is -0.329. The van der Waals surface area contributed by atoms with Gasteiger partial charge >= 0.3 is 5.97 Å². The highest BCUT2D eigenvalue weighted by Crippen LogP contribution is 2.11. The molecule has 0 atom stereocenters. The van der Waals surface area contributed by atoms with Crippen LogP contribution in [0.2, 0.25) is 0 Å². The Morgan fingerprint density at radius 2 is 1.33 bits per heavy atom. The smallest absolute Gasteiger partial charge is 0.307 e. The van der Waals surface area contributed by atoms with Crippen LogP contribution in [0.5, 0.6) is 0 Å². The average molecular weight is 242 g/mol. The van der Waals surface area contributed by atoms with Crippen molar-refractivity contribution in [2.75, 3.05) is 0 Å². The van der Waals surface area contributed by atoms with Crippen molar-refractivity contribution >= 4 is 16.7 Å². The molecule has 0 radical (unpaired) electrons. The Labute approximate surface area is 108 Å². The maximum Gasteiger partial charge on any atom is 0.307 e. The van der Waals surface area contributed by atoms with E-state index >= 15 is 0 Å². The molecular weight excluding hydrogens is 224 g/mol. The van der Waals surface area contributed by atoms with Crippen LogP contribution in [-0.4, -0.2) is 5.97 Å². The third-order valence-corrected chi connectivity index (χ3v) is 1.91. The second-order valence-corrected chi connectivity index (χ2v) is 3.12. The summed E-state index contributed by atoms with van der Waals surface area (Å²) in [7, 11) is 0. The van der Waals surface area contributed by atoms with E-state index in [1.165, 1.54) is 17.7 Å². The van der Waals surface area contributed by atoms with Gasteiger partial charge in [0.25, 0.3) is 0 Å². The first-order valence-corrected chi connectivity index (χ1v) is 5.46. The molecule has 2 heteroatoms. The number of fused-ring (bicyclic) bond motifs is 1. The van der Waals surface area contributed by atoms with Crippen molar-refractivity contribution < 1.29 is 9.53 Å². The first-order chi connectivity index (χ1) is 8.74. The summed E-state index contributed by atoms with van der Waals surface area (Å²) >= 11 is 0. The molecule has 0 aliphatic rings. The van der Waals surface area contributed by atoms with Crippen LogP contribution >= 0.6 is 0 Å². The molecule has 0 aliphatic carbocycles. The van der Waals surface area contributed by atoms with Crippen LogP contribution in [0.4, 0.5) is 0 Å². The molecule has 0 saturated heterocycles.